The number of nitrogens with one attached hydrogen (secondary N) is 1. The smallest absolute Gasteiger partial charge is 0.258 e. The third-order valence-electron chi connectivity index (χ3n) is 4.61. The first-order chi connectivity index (χ1) is 12.5. The molecular formula is C22H26N2O2. The molecule has 0 fully saturated rings. The Morgan fingerprint density at radius 2 is 2.00 bits per heavy atom. The Morgan fingerprint density at radius 1 is 1.23 bits per heavy atom. The van der Waals surface area contributed by atoms with Gasteiger partial charge in [0.2, 0.25) is 0 Å². The average molecular weight is 350 g/mol. The summed E-state index contributed by atoms with van der Waals surface area (Å²) < 4.78 is 5.88. The van der Waals surface area contributed by atoms with Gasteiger partial charge in [0.15, 0.2) is 0 Å². The van der Waals surface area contributed by atoms with Crippen molar-refractivity contribution in [3.63, 3.8) is 0 Å². The molecule has 1 aliphatic heterocycles. The van der Waals surface area contributed by atoms with Gasteiger partial charge in [0, 0.05) is 17.8 Å². The molecule has 4 nitrogen and oxygen atoms in total. The van der Waals surface area contributed by atoms with Crippen LogP contribution in [0.3, 0.4) is 0 Å². The zero-order valence-corrected chi connectivity index (χ0v) is 15.7. The lowest BCUT2D eigenvalue weighted by molar-refractivity contribution is 0.0572. The number of carbonyl (C=O) groups excluding carboxylic acids is 1. The van der Waals surface area contributed by atoms with E-state index in [1.165, 1.54) is 0 Å². The van der Waals surface area contributed by atoms with Crippen molar-refractivity contribution in [2.24, 2.45) is 5.92 Å². The summed E-state index contributed by atoms with van der Waals surface area (Å²) in [5.74, 6) is 1.26. The Labute approximate surface area is 155 Å². The summed E-state index contributed by atoms with van der Waals surface area (Å²) in [6, 6.07) is 15.6. The number of hydrogen-bond donors (Lipinski definition) is 1. The number of anilines is 1. The quantitative estimate of drug-likeness (QED) is 0.771. The normalized spacial score (nSPS) is 19.1. The van der Waals surface area contributed by atoms with E-state index >= 15 is 0 Å². The van der Waals surface area contributed by atoms with E-state index in [0.29, 0.717) is 24.6 Å². The molecule has 0 aromatic heterocycles. The molecule has 0 saturated heterocycles. The molecule has 136 valence electrons. The summed E-state index contributed by atoms with van der Waals surface area (Å²) in [6.45, 7) is 11.2. The van der Waals surface area contributed by atoms with Crippen molar-refractivity contribution in [2.75, 3.05) is 18.5 Å². The van der Waals surface area contributed by atoms with Gasteiger partial charge in [-0.3, -0.25) is 4.79 Å². The molecule has 1 atom stereocenters. The number of ether oxygens (including phenoxy) is 1. The molecule has 2 aromatic carbocycles. The second kappa shape index (κ2) is 7.24. The van der Waals surface area contributed by atoms with Gasteiger partial charge in [-0.25, -0.2) is 0 Å². The van der Waals surface area contributed by atoms with E-state index in [1.54, 1.807) is 6.08 Å². The highest BCUT2D eigenvalue weighted by Crippen LogP contribution is 2.38. The van der Waals surface area contributed by atoms with Crippen LogP contribution >= 0.6 is 0 Å². The predicted octanol–water partition coefficient (Wildman–Crippen LogP) is 4.65. The first kappa shape index (κ1) is 18.1. The van der Waals surface area contributed by atoms with Crippen molar-refractivity contribution < 1.29 is 9.53 Å². The lowest BCUT2D eigenvalue weighted by atomic mass is 9.93. The second-order valence-electron chi connectivity index (χ2n) is 7.18. The number of nitrogens with zero attached hydrogens (tertiary/aromatic N) is 1. The number of rotatable bonds is 6. The summed E-state index contributed by atoms with van der Waals surface area (Å²) in [5, 5.41) is 3.55. The fourth-order valence-corrected chi connectivity index (χ4v) is 3.23. The first-order valence-electron chi connectivity index (χ1n) is 8.99. The summed E-state index contributed by atoms with van der Waals surface area (Å²) in [6.07, 6.45) is 1.75. The molecule has 3 rings (SSSR count). The lowest BCUT2D eigenvalue weighted by Gasteiger charge is -2.46. The maximum absolute atomic E-state index is 13.1. The van der Waals surface area contributed by atoms with Gasteiger partial charge in [-0.1, -0.05) is 44.2 Å². The van der Waals surface area contributed by atoms with Gasteiger partial charge in [0.05, 0.1) is 12.2 Å². The van der Waals surface area contributed by atoms with Crippen molar-refractivity contribution in [3.05, 3.63) is 72.3 Å². The lowest BCUT2D eigenvalue weighted by Crippen LogP contribution is -2.55. The SMILES string of the molecule is C=CCN1C(=O)c2ccccc2NC1(C)c1cccc(OCC(C)C)c1. The highest BCUT2D eigenvalue weighted by atomic mass is 16.5. The maximum atomic E-state index is 13.1. The fraction of sp³-hybridized carbons (Fsp3) is 0.318. The number of para-hydroxylation sites is 1. The Kier molecular flexibility index (Phi) is 5.03. The molecule has 1 aliphatic rings. The van der Waals surface area contributed by atoms with E-state index in [0.717, 1.165) is 17.0 Å². The molecule has 4 heteroatoms. The van der Waals surface area contributed by atoms with Gasteiger partial charge in [-0.2, -0.15) is 0 Å². The Hall–Kier alpha value is -2.75. The van der Waals surface area contributed by atoms with Crippen LogP contribution in [0.1, 0.15) is 36.7 Å². The third-order valence-corrected chi connectivity index (χ3v) is 4.61. The van der Waals surface area contributed by atoms with Gasteiger partial charge in [-0.15, -0.1) is 6.58 Å². The van der Waals surface area contributed by atoms with Crippen LogP contribution in [0.15, 0.2) is 61.2 Å². The Morgan fingerprint density at radius 3 is 2.73 bits per heavy atom. The molecule has 0 spiro atoms. The molecule has 0 bridgehead atoms. The highest BCUT2D eigenvalue weighted by molar-refractivity contribution is 6.02. The fourth-order valence-electron chi connectivity index (χ4n) is 3.23. The minimum Gasteiger partial charge on any atom is -0.493 e. The van der Waals surface area contributed by atoms with Gasteiger partial charge in [0.25, 0.3) is 5.91 Å². The number of carbonyl (C=O) groups is 1. The second-order valence-corrected chi connectivity index (χ2v) is 7.18. The van der Waals surface area contributed by atoms with Gasteiger partial charge in [-0.05, 0) is 37.1 Å². The molecule has 0 saturated carbocycles. The van der Waals surface area contributed by atoms with E-state index in [-0.39, 0.29) is 5.91 Å². The van der Waals surface area contributed by atoms with Crippen LogP contribution in [0.4, 0.5) is 5.69 Å². The number of amides is 1. The third kappa shape index (κ3) is 3.32. The Bertz CT molecular complexity index is 815. The molecular weight excluding hydrogens is 324 g/mol. The van der Waals surface area contributed by atoms with E-state index in [1.807, 2.05) is 60.4 Å². The standard InChI is InChI=1S/C22H26N2O2/c1-5-13-24-21(25)19-11-6-7-12-20(19)23-22(24,4)17-9-8-10-18(14-17)26-15-16(2)3/h5-12,14,16,23H,1,13,15H2,2-4H3. The molecule has 1 N–H and O–H groups in total. The summed E-state index contributed by atoms with van der Waals surface area (Å²) in [7, 11) is 0. The maximum Gasteiger partial charge on any atom is 0.258 e. The predicted molar refractivity (Wildman–Crippen MR) is 105 cm³/mol. The molecule has 26 heavy (non-hydrogen) atoms. The monoisotopic (exact) mass is 350 g/mol. The van der Waals surface area contributed by atoms with Crippen LogP contribution in [-0.2, 0) is 5.66 Å². The minimum atomic E-state index is -0.684. The molecule has 1 heterocycles. The molecule has 0 aliphatic carbocycles. The van der Waals surface area contributed by atoms with Crippen LogP contribution < -0.4 is 10.1 Å². The number of fused-ring (bicyclic) bond motifs is 1. The van der Waals surface area contributed by atoms with E-state index in [9.17, 15) is 4.79 Å². The van der Waals surface area contributed by atoms with E-state index < -0.39 is 5.66 Å². The van der Waals surface area contributed by atoms with Crippen LogP contribution in [0.5, 0.6) is 5.75 Å². The van der Waals surface area contributed by atoms with Crippen LogP contribution in [0, 0.1) is 5.92 Å². The number of hydrogen-bond acceptors (Lipinski definition) is 3. The summed E-state index contributed by atoms with van der Waals surface area (Å²) in [5.41, 5.74) is 1.81. The molecule has 2 aromatic rings. The van der Waals surface area contributed by atoms with Crippen LogP contribution in [-0.4, -0.2) is 24.0 Å². The van der Waals surface area contributed by atoms with Gasteiger partial charge >= 0.3 is 0 Å². The molecule has 0 radical (unpaired) electrons. The highest BCUT2D eigenvalue weighted by Gasteiger charge is 2.41. The first-order valence-corrected chi connectivity index (χ1v) is 8.99. The van der Waals surface area contributed by atoms with Crippen molar-refractivity contribution in [3.8, 4) is 5.75 Å². The molecule has 1 unspecified atom stereocenters. The van der Waals surface area contributed by atoms with Crippen molar-refractivity contribution >= 4 is 11.6 Å². The summed E-state index contributed by atoms with van der Waals surface area (Å²) >= 11 is 0. The summed E-state index contributed by atoms with van der Waals surface area (Å²) in [4.78, 5) is 14.9. The van der Waals surface area contributed by atoms with Crippen molar-refractivity contribution in [2.45, 2.75) is 26.4 Å². The van der Waals surface area contributed by atoms with E-state index in [4.69, 9.17) is 4.74 Å². The zero-order chi connectivity index (χ0) is 18.7. The average Bonchev–Trinajstić information content (AvgIpc) is 2.64. The van der Waals surface area contributed by atoms with Crippen molar-refractivity contribution in [1.82, 2.24) is 4.90 Å². The van der Waals surface area contributed by atoms with Crippen LogP contribution in [0.2, 0.25) is 0 Å². The largest absolute Gasteiger partial charge is 0.493 e. The van der Waals surface area contributed by atoms with Gasteiger partial charge < -0.3 is 15.0 Å². The topological polar surface area (TPSA) is 41.6 Å². The van der Waals surface area contributed by atoms with E-state index in [2.05, 4.69) is 25.7 Å². The zero-order valence-electron chi connectivity index (χ0n) is 15.7. The van der Waals surface area contributed by atoms with Crippen LogP contribution in [0.25, 0.3) is 0 Å². The van der Waals surface area contributed by atoms with Gasteiger partial charge in [0.1, 0.15) is 11.4 Å². The van der Waals surface area contributed by atoms with Crippen molar-refractivity contribution in [1.29, 1.82) is 0 Å². The number of benzene rings is 2. The Balaban J connectivity index is 2.02. The molecule has 1 amide bonds. The minimum absolute atomic E-state index is 0.00440.